The average Bonchev–Trinajstić information content (AvgIpc) is 3.61. The number of anilines is 1. The molecular weight excluding hydrogens is 496 g/mol. The van der Waals surface area contributed by atoms with Crippen LogP contribution < -0.4 is 5.32 Å². The van der Waals surface area contributed by atoms with Gasteiger partial charge in [0.2, 0.25) is 5.91 Å². The van der Waals surface area contributed by atoms with Crippen LogP contribution in [0.25, 0.3) is 55.2 Å². The van der Waals surface area contributed by atoms with Crippen LogP contribution in [0.1, 0.15) is 34.6 Å². The summed E-state index contributed by atoms with van der Waals surface area (Å²) in [6.07, 6.45) is 9.18. The molecule has 0 aliphatic heterocycles. The van der Waals surface area contributed by atoms with Gasteiger partial charge in [-0.25, -0.2) is 9.97 Å². The minimum Gasteiger partial charge on any atom is -0.335 e. The molecule has 0 atom stereocenters. The number of hydrogen-bond acceptors (Lipinski definition) is 7. The average molecular weight is 525 g/mol. The van der Waals surface area contributed by atoms with Crippen molar-refractivity contribution in [3.05, 3.63) is 60.6 Å². The summed E-state index contributed by atoms with van der Waals surface area (Å²) in [5.41, 5.74) is 6.23. The van der Waals surface area contributed by atoms with Crippen molar-refractivity contribution in [1.29, 1.82) is 0 Å². The number of amides is 1. The van der Waals surface area contributed by atoms with Crippen molar-refractivity contribution >= 4 is 45.0 Å². The van der Waals surface area contributed by atoms with Gasteiger partial charge >= 0.3 is 0 Å². The number of imidazole rings is 1. The number of aromatic nitrogens is 7. The molecule has 0 saturated carbocycles. The van der Waals surface area contributed by atoms with Crippen molar-refractivity contribution in [2.24, 2.45) is 5.41 Å². The van der Waals surface area contributed by atoms with Crippen LogP contribution in [0.3, 0.4) is 0 Å². The molecule has 0 fully saturated rings. The van der Waals surface area contributed by atoms with Crippen molar-refractivity contribution < 1.29 is 4.79 Å². The molecule has 0 spiro atoms. The maximum Gasteiger partial charge on any atom is 0.224 e. The van der Waals surface area contributed by atoms with E-state index in [4.69, 9.17) is 4.98 Å². The molecule has 9 nitrogen and oxygen atoms in total. The highest BCUT2D eigenvalue weighted by molar-refractivity contribution is 7.13. The van der Waals surface area contributed by atoms with Gasteiger partial charge in [-0.2, -0.15) is 5.10 Å². The van der Waals surface area contributed by atoms with E-state index in [1.807, 2.05) is 50.5 Å². The summed E-state index contributed by atoms with van der Waals surface area (Å²) in [4.78, 5) is 35.0. The lowest BCUT2D eigenvalue weighted by molar-refractivity contribution is -0.117. The standard InChI is InChI=1S/C27H24N8OS.CH4/c1-27(2,3)9-22(36)31-17-7-15(10-28-12-17)16-8-18-24(34-35-25(18)30-11-16)26-32-20-14-29-13-19(23(20)33-26)21-5-4-6-37-21;/h4-8,10-14H,9H2,1-3H3,(H,31,36)(H,32,33)(H,30,34,35);1H4. The predicted octanol–water partition coefficient (Wildman–Crippen LogP) is 6.70. The summed E-state index contributed by atoms with van der Waals surface area (Å²) in [5.74, 6) is 0.613. The zero-order valence-electron chi connectivity index (χ0n) is 20.5. The third-order valence-corrected chi connectivity index (χ3v) is 6.78. The first kappa shape index (κ1) is 25.2. The number of hydrogen-bond donors (Lipinski definition) is 3. The number of carbonyl (C=O) groups is 1. The minimum absolute atomic E-state index is 0. The molecule has 0 aliphatic carbocycles. The molecular formula is C28H28N8OS. The Labute approximate surface area is 223 Å². The Hall–Kier alpha value is -4.44. The lowest BCUT2D eigenvalue weighted by Crippen LogP contribution is -2.19. The number of aromatic amines is 2. The molecule has 6 aromatic heterocycles. The topological polar surface area (TPSA) is 125 Å². The third-order valence-electron chi connectivity index (χ3n) is 5.87. The summed E-state index contributed by atoms with van der Waals surface area (Å²) in [6, 6.07) is 7.98. The molecule has 0 unspecified atom stereocenters. The van der Waals surface area contributed by atoms with Gasteiger partial charge in [0.05, 0.1) is 29.0 Å². The van der Waals surface area contributed by atoms with Crippen LogP contribution in [0.4, 0.5) is 5.69 Å². The quantitative estimate of drug-likeness (QED) is 0.230. The first-order valence-corrected chi connectivity index (χ1v) is 12.7. The maximum absolute atomic E-state index is 12.4. The largest absolute Gasteiger partial charge is 0.335 e. The summed E-state index contributed by atoms with van der Waals surface area (Å²) in [5, 5.41) is 13.3. The van der Waals surface area contributed by atoms with Gasteiger partial charge < -0.3 is 10.3 Å². The van der Waals surface area contributed by atoms with Crippen LogP contribution in [0, 0.1) is 5.41 Å². The van der Waals surface area contributed by atoms with Crippen molar-refractivity contribution in [2.75, 3.05) is 5.32 Å². The van der Waals surface area contributed by atoms with Gasteiger partial charge in [-0.3, -0.25) is 19.9 Å². The first-order chi connectivity index (χ1) is 17.8. The summed E-state index contributed by atoms with van der Waals surface area (Å²) >= 11 is 1.65. The van der Waals surface area contributed by atoms with Crippen LogP contribution in [-0.2, 0) is 4.79 Å². The number of rotatable bonds is 5. The van der Waals surface area contributed by atoms with Crippen molar-refractivity contribution in [2.45, 2.75) is 34.6 Å². The van der Waals surface area contributed by atoms with Crippen LogP contribution in [0.15, 0.2) is 60.6 Å². The van der Waals surface area contributed by atoms with E-state index in [-0.39, 0.29) is 18.7 Å². The molecule has 6 heterocycles. The SMILES string of the molecule is C.CC(C)(C)CC(=O)Nc1cncc(-c2cnc3n[nH]c(-c4nc5c(-c6cccs6)cncc5[nH]4)c3c2)c1. The normalized spacial score (nSPS) is 11.6. The smallest absolute Gasteiger partial charge is 0.224 e. The number of H-pyrrole nitrogens is 2. The lowest BCUT2D eigenvalue weighted by Gasteiger charge is -2.17. The Balaban J connectivity index is 0.00000294. The summed E-state index contributed by atoms with van der Waals surface area (Å²) < 4.78 is 0. The Morgan fingerprint density at radius 3 is 2.66 bits per heavy atom. The molecule has 6 rings (SSSR count). The van der Waals surface area contributed by atoms with Crippen LogP contribution in [0.5, 0.6) is 0 Å². The van der Waals surface area contributed by atoms with Gasteiger partial charge in [0.15, 0.2) is 11.5 Å². The zero-order valence-corrected chi connectivity index (χ0v) is 21.3. The minimum atomic E-state index is -0.0982. The number of nitrogens with one attached hydrogen (secondary N) is 3. The highest BCUT2D eigenvalue weighted by Crippen LogP contribution is 2.33. The number of thiophene rings is 1. The van der Waals surface area contributed by atoms with E-state index in [0.717, 1.165) is 43.7 Å². The van der Waals surface area contributed by atoms with E-state index >= 15 is 0 Å². The van der Waals surface area contributed by atoms with Crippen molar-refractivity contribution in [1.82, 2.24) is 35.1 Å². The van der Waals surface area contributed by atoms with Crippen LogP contribution in [0.2, 0.25) is 0 Å². The molecule has 0 aromatic carbocycles. The molecule has 10 heteroatoms. The van der Waals surface area contributed by atoms with E-state index in [2.05, 4.69) is 41.5 Å². The maximum atomic E-state index is 12.4. The predicted molar refractivity (Wildman–Crippen MR) is 153 cm³/mol. The zero-order chi connectivity index (χ0) is 25.6. The molecule has 0 radical (unpaired) electrons. The molecule has 0 bridgehead atoms. The van der Waals surface area contributed by atoms with Crippen LogP contribution >= 0.6 is 11.3 Å². The number of pyridine rings is 3. The molecule has 192 valence electrons. The monoisotopic (exact) mass is 524 g/mol. The van der Waals surface area contributed by atoms with Gasteiger partial charge in [0.1, 0.15) is 11.2 Å². The Morgan fingerprint density at radius 2 is 1.87 bits per heavy atom. The molecule has 0 aliphatic rings. The fraction of sp³-hybridized carbons (Fsp3) is 0.214. The number of fused-ring (bicyclic) bond motifs is 2. The first-order valence-electron chi connectivity index (χ1n) is 11.8. The number of nitrogens with zero attached hydrogens (tertiary/aromatic N) is 5. The van der Waals surface area contributed by atoms with Crippen molar-refractivity contribution in [3.8, 4) is 33.1 Å². The fourth-order valence-electron chi connectivity index (χ4n) is 4.25. The van der Waals surface area contributed by atoms with E-state index in [9.17, 15) is 4.79 Å². The van der Waals surface area contributed by atoms with Crippen molar-refractivity contribution in [3.63, 3.8) is 0 Å². The highest BCUT2D eigenvalue weighted by Gasteiger charge is 2.18. The Morgan fingerprint density at radius 1 is 1.05 bits per heavy atom. The number of carbonyl (C=O) groups excluding carboxylic acids is 1. The summed E-state index contributed by atoms with van der Waals surface area (Å²) in [7, 11) is 0. The van der Waals surface area contributed by atoms with Gasteiger partial charge in [-0.05, 0) is 29.0 Å². The van der Waals surface area contributed by atoms with Gasteiger partial charge in [-0.1, -0.05) is 34.3 Å². The van der Waals surface area contributed by atoms with Gasteiger partial charge in [-0.15, -0.1) is 11.3 Å². The second kappa shape index (κ2) is 9.79. The lowest BCUT2D eigenvalue weighted by atomic mass is 9.92. The Kier molecular flexibility index (Phi) is 6.50. The molecule has 0 saturated heterocycles. The molecule has 38 heavy (non-hydrogen) atoms. The second-order valence-electron chi connectivity index (χ2n) is 10.1. The third kappa shape index (κ3) is 4.90. The summed E-state index contributed by atoms with van der Waals surface area (Å²) in [6.45, 7) is 6.10. The van der Waals surface area contributed by atoms with E-state index in [1.165, 1.54) is 0 Å². The second-order valence-corrected chi connectivity index (χ2v) is 11.0. The molecule has 3 N–H and O–H groups in total. The van der Waals surface area contributed by atoms with E-state index in [1.54, 1.807) is 36.1 Å². The van der Waals surface area contributed by atoms with Gasteiger partial charge in [0.25, 0.3) is 0 Å². The van der Waals surface area contributed by atoms with E-state index < -0.39 is 0 Å². The molecule has 6 aromatic rings. The molecule has 1 amide bonds. The van der Waals surface area contributed by atoms with Crippen LogP contribution in [-0.4, -0.2) is 41.0 Å². The van der Waals surface area contributed by atoms with E-state index in [0.29, 0.717) is 23.6 Å². The Bertz CT molecular complexity index is 1740. The fourth-order valence-corrected chi connectivity index (χ4v) is 4.99. The highest BCUT2D eigenvalue weighted by atomic mass is 32.1. The van der Waals surface area contributed by atoms with Gasteiger partial charge in [0, 0.05) is 46.6 Å².